The van der Waals surface area contributed by atoms with Gasteiger partial charge in [0.15, 0.2) is 6.61 Å². The third kappa shape index (κ3) is 6.04. The van der Waals surface area contributed by atoms with Gasteiger partial charge in [0.2, 0.25) is 0 Å². The maximum Gasteiger partial charge on any atom is 0.262 e. The number of nitrogens with one attached hydrogen (secondary N) is 1. The molecule has 3 rings (SSSR count). The highest BCUT2D eigenvalue weighted by Crippen LogP contribution is 2.39. The van der Waals surface area contributed by atoms with E-state index >= 15 is 0 Å². The standard InChI is InChI=1S/C24H32N2O5/c1-5-29-22-15-20(26-9-11-28-12-10-26)23(30-6-2)14-19(22)25-24(27)16-31-21-8-7-17(3)13-18(21)4/h7-8,13-15H,5-6,9-12,16H2,1-4H3,(H,25,27). The van der Waals surface area contributed by atoms with E-state index in [1.165, 1.54) is 0 Å². The summed E-state index contributed by atoms with van der Waals surface area (Å²) in [6, 6.07) is 9.63. The van der Waals surface area contributed by atoms with E-state index in [1.807, 2.05) is 58.0 Å². The Morgan fingerprint density at radius 3 is 2.35 bits per heavy atom. The van der Waals surface area contributed by atoms with Crippen LogP contribution in [0.3, 0.4) is 0 Å². The Labute approximate surface area is 184 Å². The predicted octanol–water partition coefficient (Wildman–Crippen LogP) is 3.95. The monoisotopic (exact) mass is 428 g/mol. The molecular weight excluding hydrogens is 396 g/mol. The first-order valence-electron chi connectivity index (χ1n) is 10.8. The highest BCUT2D eigenvalue weighted by Gasteiger charge is 2.20. The normalized spacial score (nSPS) is 13.6. The van der Waals surface area contributed by atoms with Crippen molar-refractivity contribution in [2.45, 2.75) is 27.7 Å². The molecule has 0 unspecified atom stereocenters. The number of anilines is 2. The Morgan fingerprint density at radius 1 is 0.968 bits per heavy atom. The van der Waals surface area contributed by atoms with Gasteiger partial charge in [-0.2, -0.15) is 0 Å². The molecule has 2 aromatic carbocycles. The fraction of sp³-hybridized carbons (Fsp3) is 0.458. The zero-order valence-corrected chi connectivity index (χ0v) is 18.8. The van der Waals surface area contributed by atoms with Gasteiger partial charge in [-0.1, -0.05) is 17.7 Å². The molecule has 0 aromatic heterocycles. The fourth-order valence-corrected chi connectivity index (χ4v) is 3.54. The molecule has 1 saturated heterocycles. The van der Waals surface area contributed by atoms with E-state index < -0.39 is 0 Å². The van der Waals surface area contributed by atoms with Crippen LogP contribution in [-0.4, -0.2) is 52.0 Å². The van der Waals surface area contributed by atoms with Crippen LogP contribution in [-0.2, 0) is 9.53 Å². The van der Waals surface area contributed by atoms with E-state index in [0.717, 1.165) is 29.9 Å². The van der Waals surface area contributed by atoms with Gasteiger partial charge in [0.25, 0.3) is 5.91 Å². The second-order valence-corrected chi connectivity index (χ2v) is 7.39. The molecule has 1 heterocycles. The molecular formula is C24H32N2O5. The zero-order chi connectivity index (χ0) is 22.2. The lowest BCUT2D eigenvalue weighted by Gasteiger charge is -2.31. The Kier molecular flexibility index (Phi) is 8.00. The van der Waals surface area contributed by atoms with Crippen molar-refractivity contribution < 1.29 is 23.7 Å². The second-order valence-electron chi connectivity index (χ2n) is 7.39. The SMILES string of the molecule is CCOc1cc(N2CCOCC2)c(OCC)cc1NC(=O)COc1ccc(C)cc1C. The smallest absolute Gasteiger partial charge is 0.262 e. The number of carbonyl (C=O) groups excluding carboxylic acids is 1. The molecule has 0 atom stereocenters. The molecule has 1 aliphatic heterocycles. The Bertz CT molecular complexity index is 894. The Balaban J connectivity index is 1.77. The molecule has 0 bridgehead atoms. The van der Waals surface area contributed by atoms with Crippen LogP contribution < -0.4 is 24.4 Å². The number of rotatable bonds is 9. The van der Waals surface area contributed by atoms with Crippen molar-refractivity contribution in [2.24, 2.45) is 0 Å². The summed E-state index contributed by atoms with van der Waals surface area (Å²) in [5.74, 6) is 1.75. The largest absolute Gasteiger partial charge is 0.492 e. The molecule has 0 saturated carbocycles. The van der Waals surface area contributed by atoms with E-state index in [0.29, 0.717) is 49.4 Å². The van der Waals surface area contributed by atoms with Crippen LogP contribution in [0.15, 0.2) is 30.3 Å². The maximum atomic E-state index is 12.6. The molecule has 31 heavy (non-hydrogen) atoms. The highest BCUT2D eigenvalue weighted by molar-refractivity contribution is 5.94. The fourth-order valence-electron chi connectivity index (χ4n) is 3.54. The summed E-state index contributed by atoms with van der Waals surface area (Å²) in [7, 11) is 0. The van der Waals surface area contributed by atoms with Crippen LogP contribution in [0.2, 0.25) is 0 Å². The van der Waals surface area contributed by atoms with Crippen molar-refractivity contribution in [3.8, 4) is 17.2 Å². The van der Waals surface area contributed by atoms with Crippen molar-refractivity contribution in [2.75, 3.05) is 56.3 Å². The van der Waals surface area contributed by atoms with Crippen molar-refractivity contribution in [1.29, 1.82) is 0 Å². The number of benzene rings is 2. The van der Waals surface area contributed by atoms with Crippen LogP contribution in [0.5, 0.6) is 17.2 Å². The maximum absolute atomic E-state index is 12.6. The summed E-state index contributed by atoms with van der Waals surface area (Å²) in [6.45, 7) is 11.7. The summed E-state index contributed by atoms with van der Waals surface area (Å²) < 4.78 is 22.9. The zero-order valence-electron chi connectivity index (χ0n) is 18.8. The lowest BCUT2D eigenvalue weighted by Crippen LogP contribution is -2.36. The number of ether oxygens (including phenoxy) is 4. The summed E-state index contributed by atoms with van der Waals surface area (Å²) in [5.41, 5.74) is 3.66. The minimum absolute atomic E-state index is 0.0926. The molecule has 7 nitrogen and oxygen atoms in total. The number of nitrogens with zero attached hydrogens (tertiary/aromatic N) is 1. The first-order chi connectivity index (χ1) is 15.0. The topological polar surface area (TPSA) is 69.3 Å². The third-order valence-electron chi connectivity index (χ3n) is 4.98. The van der Waals surface area contributed by atoms with Gasteiger partial charge in [-0.3, -0.25) is 4.79 Å². The van der Waals surface area contributed by atoms with Gasteiger partial charge >= 0.3 is 0 Å². The van der Waals surface area contributed by atoms with E-state index in [9.17, 15) is 4.79 Å². The number of carbonyl (C=O) groups is 1. The molecule has 1 amide bonds. The number of aryl methyl sites for hydroxylation is 2. The van der Waals surface area contributed by atoms with E-state index in [2.05, 4.69) is 10.2 Å². The van der Waals surface area contributed by atoms with Crippen LogP contribution in [0.4, 0.5) is 11.4 Å². The average Bonchev–Trinajstić information content (AvgIpc) is 2.75. The van der Waals surface area contributed by atoms with E-state index in [4.69, 9.17) is 18.9 Å². The van der Waals surface area contributed by atoms with Gasteiger partial charge in [0.05, 0.1) is 37.8 Å². The summed E-state index contributed by atoms with van der Waals surface area (Å²) in [4.78, 5) is 14.8. The molecule has 1 aliphatic rings. The number of hydrogen-bond donors (Lipinski definition) is 1. The molecule has 168 valence electrons. The van der Waals surface area contributed by atoms with Gasteiger partial charge < -0.3 is 29.2 Å². The second kappa shape index (κ2) is 10.9. The van der Waals surface area contributed by atoms with Gasteiger partial charge in [-0.05, 0) is 39.3 Å². The molecule has 0 aliphatic carbocycles. The van der Waals surface area contributed by atoms with Gasteiger partial charge in [-0.25, -0.2) is 0 Å². The number of amides is 1. The lowest BCUT2D eigenvalue weighted by molar-refractivity contribution is -0.118. The van der Waals surface area contributed by atoms with Crippen molar-refractivity contribution >= 4 is 17.3 Å². The lowest BCUT2D eigenvalue weighted by atomic mass is 10.1. The van der Waals surface area contributed by atoms with E-state index in [1.54, 1.807) is 0 Å². The first-order valence-corrected chi connectivity index (χ1v) is 10.8. The molecule has 0 spiro atoms. The molecule has 1 N–H and O–H groups in total. The van der Waals surface area contributed by atoms with Gasteiger partial charge in [-0.15, -0.1) is 0 Å². The number of morpholine rings is 1. The van der Waals surface area contributed by atoms with E-state index in [-0.39, 0.29) is 12.5 Å². The van der Waals surface area contributed by atoms with Crippen LogP contribution in [0.25, 0.3) is 0 Å². The predicted molar refractivity (Wildman–Crippen MR) is 122 cm³/mol. The summed E-state index contributed by atoms with van der Waals surface area (Å²) in [5, 5.41) is 2.91. The van der Waals surface area contributed by atoms with Gasteiger partial charge in [0, 0.05) is 25.2 Å². The Morgan fingerprint density at radius 2 is 1.68 bits per heavy atom. The molecule has 1 fully saturated rings. The molecule has 0 radical (unpaired) electrons. The molecule has 2 aromatic rings. The van der Waals surface area contributed by atoms with Crippen molar-refractivity contribution in [1.82, 2.24) is 0 Å². The Hall–Kier alpha value is -2.93. The molecule has 7 heteroatoms. The summed E-state index contributed by atoms with van der Waals surface area (Å²) >= 11 is 0. The third-order valence-corrected chi connectivity index (χ3v) is 4.98. The number of hydrogen-bond acceptors (Lipinski definition) is 6. The summed E-state index contributed by atoms with van der Waals surface area (Å²) in [6.07, 6.45) is 0. The first kappa shape index (κ1) is 22.7. The quantitative estimate of drug-likeness (QED) is 0.652. The minimum atomic E-state index is -0.262. The van der Waals surface area contributed by atoms with Crippen LogP contribution in [0.1, 0.15) is 25.0 Å². The minimum Gasteiger partial charge on any atom is -0.492 e. The van der Waals surface area contributed by atoms with Crippen LogP contribution >= 0.6 is 0 Å². The van der Waals surface area contributed by atoms with Crippen molar-refractivity contribution in [3.63, 3.8) is 0 Å². The average molecular weight is 429 g/mol. The van der Waals surface area contributed by atoms with Crippen molar-refractivity contribution in [3.05, 3.63) is 41.5 Å². The van der Waals surface area contributed by atoms with Gasteiger partial charge in [0.1, 0.15) is 17.2 Å². The van der Waals surface area contributed by atoms with Crippen LogP contribution in [0, 0.1) is 13.8 Å². The highest BCUT2D eigenvalue weighted by atomic mass is 16.5.